The lowest BCUT2D eigenvalue weighted by atomic mass is 10.0. The van der Waals surface area contributed by atoms with Gasteiger partial charge in [0.2, 0.25) is 5.78 Å². The number of nitrogens with one attached hydrogen (secondary N) is 2. The molecule has 3 aromatic rings. The van der Waals surface area contributed by atoms with Gasteiger partial charge in [-0.3, -0.25) is 4.79 Å². The smallest absolute Gasteiger partial charge is 0.204 e. The first-order valence-corrected chi connectivity index (χ1v) is 14.2. The number of anilines is 4. The number of allylic oxidation sites excluding steroid dienone is 2. The summed E-state index contributed by atoms with van der Waals surface area (Å²) in [5.74, 6) is -0.107. The third kappa shape index (κ3) is 7.00. The van der Waals surface area contributed by atoms with E-state index < -0.39 is 0 Å². The fourth-order valence-corrected chi connectivity index (χ4v) is 4.98. The molecule has 0 aromatic heterocycles. The zero-order valence-corrected chi connectivity index (χ0v) is 24.5. The Morgan fingerprint density at radius 1 is 0.650 bits per heavy atom. The lowest BCUT2D eigenvalue weighted by Gasteiger charge is -2.27. The van der Waals surface area contributed by atoms with Crippen LogP contribution in [0.5, 0.6) is 0 Å². The van der Waals surface area contributed by atoms with Crippen LogP contribution in [0, 0.1) is 0 Å². The molecule has 0 bridgehead atoms. The second-order valence-corrected chi connectivity index (χ2v) is 10.4. The summed E-state index contributed by atoms with van der Waals surface area (Å²) in [6.45, 7) is 15.0. The van der Waals surface area contributed by atoms with Gasteiger partial charge in [-0.15, -0.1) is 0 Å². The van der Waals surface area contributed by atoms with Crippen molar-refractivity contribution in [1.29, 1.82) is 0 Å². The number of nitrogens with zero attached hydrogens (tertiary/aromatic N) is 3. The Kier molecular flexibility index (Phi) is 9.43. The molecular formula is C34H41N5O. The Balaban J connectivity index is 1.63. The fraction of sp³-hybridized carbons (Fsp3) is 0.294. The van der Waals surface area contributed by atoms with Crippen LogP contribution < -0.4 is 20.4 Å². The van der Waals surface area contributed by atoms with Crippen molar-refractivity contribution in [2.75, 3.05) is 33.5 Å². The number of hydrogen-bond acceptors (Lipinski definition) is 6. The quantitative estimate of drug-likeness (QED) is 0.245. The van der Waals surface area contributed by atoms with Gasteiger partial charge in [0.1, 0.15) is 0 Å². The highest BCUT2D eigenvalue weighted by molar-refractivity contribution is 6.24. The van der Waals surface area contributed by atoms with Gasteiger partial charge in [0.05, 0.1) is 22.8 Å². The average molecular weight is 536 g/mol. The van der Waals surface area contributed by atoms with Crippen molar-refractivity contribution in [2.24, 2.45) is 4.99 Å². The molecule has 4 rings (SSSR count). The number of carbonyl (C=O) groups is 1. The standard InChI is InChI=1S/C34H41N5O/c1-7-38(24(3)4)29-18-14-27(15-19-29)36-31-22-33(34(40)23-32(31)35-26-12-10-9-11-13-26)37-28-16-20-30(21-17-28)39(8-2)25(5)6/h9-25,35,37H,7-8H2,1-6H3. The molecule has 0 unspecified atom stereocenters. The van der Waals surface area contributed by atoms with Crippen molar-refractivity contribution < 1.29 is 4.79 Å². The molecule has 3 aromatic carbocycles. The molecule has 0 heterocycles. The maximum Gasteiger partial charge on any atom is 0.204 e. The molecule has 1 aliphatic carbocycles. The molecule has 0 fully saturated rings. The molecule has 6 nitrogen and oxygen atoms in total. The van der Waals surface area contributed by atoms with Crippen LogP contribution in [-0.2, 0) is 4.79 Å². The molecule has 6 heteroatoms. The Labute approximate surface area is 239 Å². The predicted molar refractivity (Wildman–Crippen MR) is 171 cm³/mol. The van der Waals surface area contributed by atoms with Crippen LogP contribution in [0.3, 0.4) is 0 Å². The van der Waals surface area contributed by atoms with E-state index in [1.165, 1.54) is 5.69 Å². The number of benzene rings is 3. The maximum absolute atomic E-state index is 13.2. The van der Waals surface area contributed by atoms with Crippen molar-refractivity contribution >= 4 is 39.9 Å². The van der Waals surface area contributed by atoms with Crippen LogP contribution in [0.15, 0.2) is 107 Å². The molecular weight excluding hydrogens is 494 g/mol. The minimum Gasteiger partial charge on any atom is -0.369 e. The van der Waals surface area contributed by atoms with Crippen LogP contribution in [-0.4, -0.2) is 36.7 Å². The number of aliphatic imine (C=N–C) groups is 1. The molecule has 0 spiro atoms. The lowest BCUT2D eigenvalue weighted by Crippen LogP contribution is -2.30. The summed E-state index contributed by atoms with van der Waals surface area (Å²) in [6, 6.07) is 27.1. The summed E-state index contributed by atoms with van der Waals surface area (Å²) >= 11 is 0. The Hall–Kier alpha value is -4.32. The summed E-state index contributed by atoms with van der Waals surface area (Å²) in [6.07, 6.45) is 3.44. The summed E-state index contributed by atoms with van der Waals surface area (Å²) in [7, 11) is 0. The molecule has 2 N–H and O–H groups in total. The zero-order chi connectivity index (χ0) is 28.6. The van der Waals surface area contributed by atoms with E-state index >= 15 is 0 Å². The van der Waals surface area contributed by atoms with E-state index in [2.05, 4.69) is 86.2 Å². The van der Waals surface area contributed by atoms with E-state index in [4.69, 9.17) is 4.99 Å². The van der Waals surface area contributed by atoms with Crippen LogP contribution in [0.1, 0.15) is 41.5 Å². The first-order chi connectivity index (χ1) is 19.3. The fourth-order valence-electron chi connectivity index (χ4n) is 4.98. The minimum atomic E-state index is -0.107. The van der Waals surface area contributed by atoms with Gasteiger partial charge < -0.3 is 20.4 Å². The highest BCUT2D eigenvalue weighted by Crippen LogP contribution is 2.26. The Morgan fingerprint density at radius 3 is 1.68 bits per heavy atom. The topological polar surface area (TPSA) is 60.0 Å². The monoisotopic (exact) mass is 535 g/mol. The minimum absolute atomic E-state index is 0.107. The molecule has 40 heavy (non-hydrogen) atoms. The Morgan fingerprint density at radius 2 is 1.15 bits per heavy atom. The first-order valence-electron chi connectivity index (χ1n) is 14.2. The summed E-state index contributed by atoms with van der Waals surface area (Å²) in [5, 5.41) is 6.70. The van der Waals surface area contributed by atoms with Gasteiger partial charge in [0.15, 0.2) is 0 Å². The van der Waals surface area contributed by atoms with Crippen molar-refractivity contribution in [3.8, 4) is 0 Å². The molecule has 0 atom stereocenters. The number of rotatable bonds is 11. The number of hydrogen-bond donors (Lipinski definition) is 2. The van der Waals surface area contributed by atoms with Gasteiger partial charge in [0, 0.05) is 54.0 Å². The number of ketones is 1. The third-order valence-electron chi connectivity index (χ3n) is 6.99. The molecule has 0 radical (unpaired) electrons. The lowest BCUT2D eigenvalue weighted by molar-refractivity contribution is -0.111. The molecule has 0 amide bonds. The van der Waals surface area contributed by atoms with Crippen LogP contribution >= 0.6 is 0 Å². The predicted octanol–water partition coefficient (Wildman–Crippen LogP) is 7.80. The van der Waals surface area contributed by atoms with Crippen molar-refractivity contribution in [1.82, 2.24) is 0 Å². The zero-order valence-electron chi connectivity index (χ0n) is 24.5. The highest BCUT2D eigenvalue weighted by atomic mass is 16.1. The molecule has 1 aliphatic rings. The first kappa shape index (κ1) is 28.7. The summed E-state index contributed by atoms with van der Waals surface area (Å²) in [5.41, 5.74) is 6.72. The van der Waals surface area contributed by atoms with E-state index in [1.54, 1.807) is 6.08 Å². The van der Waals surface area contributed by atoms with Gasteiger partial charge in [-0.2, -0.15) is 0 Å². The van der Waals surface area contributed by atoms with E-state index in [0.29, 0.717) is 29.2 Å². The van der Waals surface area contributed by atoms with E-state index in [1.807, 2.05) is 60.7 Å². The van der Waals surface area contributed by atoms with Gasteiger partial charge in [-0.1, -0.05) is 18.2 Å². The molecule has 0 aliphatic heterocycles. The Bertz CT molecular complexity index is 1370. The largest absolute Gasteiger partial charge is 0.369 e. The van der Waals surface area contributed by atoms with Crippen LogP contribution in [0.25, 0.3) is 0 Å². The van der Waals surface area contributed by atoms with Crippen molar-refractivity contribution in [3.05, 3.63) is 102 Å². The average Bonchev–Trinajstić information content (AvgIpc) is 2.94. The van der Waals surface area contributed by atoms with E-state index in [9.17, 15) is 4.79 Å². The van der Waals surface area contributed by atoms with Crippen molar-refractivity contribution in [3.63, 3.8) is 0 Å². The van der Waals surface area contributed by atoms with Gasteiger partial charge in [-0.25, -0.2) is 4.99 Å². The van der Waals surface area contributed by atoms with Crippen molar-refractivity contribution in [2.45, 2.75) is 53.6 Å². The summed E-state index contributed by atoms with van der Waals surface area (Å²) in [4.78, 5) is 22.8. The molecule has 208 valence electrons. The van der Waals surface area contributed by atoms with E-state index in [0.717, 1.165) is 35.8 Å². The summed E-state index contributed by atoms with van der Waals surface area (Å²) < 4.78 is 0. The normalized spacial score (nSPS) is 14.3. The van der Waals surface area contributed by atoms with Crippen LogP contribution in [0.4, 0.5) is 28.4 Å². The second-order valence-electron chi connectivity index (χ2n) is 10.4. The van der Waals surface area contributed by atoms with Gasteiger partial charge in [-0.05, 0) is 108 Å². The molecule has 0 saturated carbocycles. The molecule has 0 saturated heterocycles. The third-order valence-corrected chi connectivity index (χ3v) is 6.99. The number of carbonyl (C=O) groups excluding carboxylic acids is 1. The van der Waals surface area contributed by atoms with E-state index in [-0.39, 0.29) is 5.78 Å². The van der Waals surface area contributed by atoms with Crippen LogP contribution in [0.2, 0.25) is 0 Å². The second kappa shape index (κ2) is 13.2. The van der Waals surface area contributed by atoms with Gasteiger partial charge >= 0.3 is 0 Å². The highest BCUT2D eigenvalue weighted by Gasteiger charge is 2.20. The van der Waals surface area contributed by atoms with Gasteiger partial charge in [0.25, 0.3) is 0 Å². The SMILES string of the molecule is CCN(c1ccc(N=C2C=C(Nc3ccc(N(CC)C(C)C)cc3)C(=O)C=C2Nc2ccccc2)cc1)C(C)C. The number of para-hydroxylation sites is 1. The maximum atomic E-state index is 13.2.